The van der Waals surface area contributed by atoms with Crippen LogP contribution in [0.5, 0.6) is 0 Å². The molecule has 0 unspecified atom stereocenters. The van der Waals surface area contributed by atoms with Crippen molar-refractivity contribution in [3.05, 3.63) is 72.4 Å². The van der Waals surface area contributed by atoms with Gasteiger partial charge in [-0.25, -0.2) is 4.79 Å². The minimum atomic E-state index is -1.85. The number of benzene rings is 1. The van der Waals surface area contributed by atoms with Gasteiger partial charge in [-0.2, -0.15) is 0 Å². The maximum atomic E-state index is 14.5. The number of hydrogen-bond acceptors (Lipinski definition) is 12. The quantitative estimate of drug-likeness (QED) is 0.0776. The van der Waals surface area contributed by atoms with Crippen LogP contribution < -0.4 is 0 Å². The number of ether oxygens (including phenoxy) is 6. The summed E-state index contributed by atoms with van der Waals surface area (Å²) in [6, 6.07) is 8.25. The van der Waals surface area contributed by atoms with Crippen molar-refractivity contribution in [3.63, 3.8) is 0 Å². The number of likely N-dealkylation sites (tertiary alicyclic amines) is 1. The molecule has 7 bridgehead atoms. The number of allylic oxidation sites excluding steroid dienone is 6. The smallest absolute Gasteiger partial charge is 0.338 e. The number of methoxy groups -OCH3 is 4. The second kappa shape index (κ2) is 19.0. The molecule has 3 N–H and O–H groups in total. The molecule has 1 aromatic carbocycles. The van der Waals surface area contributed by atoms with E-state index in [9.17, 15) is 24.9 Å². The van der Waals surface area contributed by atoms with Crippen LogP contribution in [0.3, 0.4) is 0 Å². The summed E-state index contributed by atoms with van der Waals surface area (Å²) in [6.45, 7) is 2.84. The number of piperidine rings is 1. The molecule has 1 aromatic rings. The van der Waals surface area contributed by atoms with Crippen molar-refractivity contribution in [2.75, 3.05) is 48.6 Å². The monoisotopic (exact) mass is 850 g/mol. The Bertz CT molecular complexity index is 1750. The van der Waals surface area contributed by atoms with Crippen LogP contribution in [0.25, 0.3) is 0 Å². The SMILES string of the molecule is CCC=CCC=CCC=CCCCCCCCC(=O)O[C@]12[C@H]3[C@@H](OC(=O)c4ccccc4)[C@](O)(C[C@H]3[C@@]34[C@@H](OC)C[C@@H](O)[C@@]5(COC)CN(C)[C@@H]3[C@@H]1[C@H](OC)[C@H]54)[C@@H](OC)[C@@H]2O. The number of unbranched alkanes of at least 4 members (excludes halogenated alkanes) is 5. The highest BCUT2D eigenvalue weighted by Gasteiger charge is 2.92. The van der Waals surface area contributed by atoms with Crippen LogP contribution >= 0.6 is 0 Å². The summed E-state index contributed by atoms with van der Waals surface area (Å²) in [4.78, 5) is 30.8. The topological polar surface area (TPSA) is 153 Å². The molecular formula is C49H71NO11. The number of aliphatic hydroxyl groups is 3. The highest BCUT2D eigenvalue weighted by molar-refractivity contribution is 5.89. The van der Waals surface area contributed by atoms with E-state index in [1.165, 1.54) is 7.11 Å². The van der Waals surface area contributed by atoms with Gasteiger partial charge in [0.15, 0.2) is 5.60 Å². The summed E-state index contributed by atoms with van der Waals surface area (Å²) in [6.07, 6.45) is 16.3. The summed E-state index contributed by atoms with van der Waals surface area (Å²) in [5.74, 6) is -3.56. The Morgan fingerprint density at radius 2 is 1.54 bits per heavy atom. The van der Waals surface area contributed by atoms with Gasteiger partial charge in [0.1, 0.15) is 23.9 Å². The van der Waals surface area contributed by atoms with Gasteiger partial charge < -0.3 is 48.6 Å². The Labute approximate surface area is 362 Å². The average Bonchev–Trinajstić information content (AvgIpc) is 3.64. The number of carbonyl (C=O) groups is 2. The molecule has 1 spiro atoms. The Hall–Kier alpha value is -2.94. The molecule has 338 valence electrons. The Morgan fingerprint density at radius 3 is 2.21 bits per heavy atom. The first-order valence-electron chi connectivity index (χ1n) is 22.8. The third-order valence-corrected chi connectivity index (χ3v) is 15.9. The zero-order valence-electron chi connectivity index (χ0n) is 37.2. The Morgan fingerprint density at radius 1 is 0.852 bits per heavy atom. The summed E-state index contributed by atoms with van der Waals surface area (Å²) in [7, 11) is 8.36. The Balaban J connectivity index is 1.18. The minimum absolute atomic E-state index is 0.0742. The predicted molar refractivity (Wildman–Crippen MR) is 229 cm³/mol. The normalized spacial score (nSPS) is 41.0. The number of carbonyl (C=O) groups excluding carboxylic acids is 2. The van der Waals surface area contributed by atoms with E-state index in [4.69, 9.17) is 28.4 Å². The summed E-state index contributed by atoms with van der Waals surface area (Å²) >= 11 is 0. The van der Waals surface area contributed by atoms with Crippen molar-refractivity contribution in [1.29, 1.82) is 0 Å². The first-order chi connectivity index (χ1) is 29.5. The van der Waals surface area contributed by atoms with Crippen LogP contribution in [-0.2, 0) is 33.2 Å². The van der Waals surface area contributed by atoms with Crippen molar-refractivity contribution in [3.8, 4) is 0 Å². The molecule has 0 aromatic heterocycles. The predicted octanol–water partition coefficient (Wildman–Crippen LogP) is 5.83. The standard InChI is InChI=1S/C49H71NO11/c1-7-8-9-10-11-12-13-14-15-16-17-18-19-20-24-27-36(52)61-49-37-33(29-47(55,44(59-6)42(49)53)43(37)60-45(54)32-25-22-21-23-26-32)48-35(57-4)28-34(51)46(31-56-3)30-50(2)41(48)38(49)39(58-5)40(46)48/h8-9,11-12,14-15,21-23,25-26,33-35,37-44,51,53,55H,7,10,13,16-20,24,27-31H2,1-6H3/t33-,34-,35+,37-,38+,39+,40-,41-,42+,43-,44+,46+,47-,48+,49-/m1/s1. The lowest BCUT2D eigenvalue weighted by atomic mass is 9.42. The molecule has 5 saturated carbocycles. The first kappa shape index (κ1) is 46.1. The highest BCUT2D eigenvalue weighted by Crippen LogP contribution is 2.80. The molecular weight excluding hydrogens is 779 g/mol. The molecule has 15 atom stereocenters. The fraction of sp³-hybridized carbons (Fsp3) is 0.714. The number of nitrogens with zero attached hydrogens (tertiary/aromatic N) is 1. The molecule has 1 aliphatic heterocycles. The zero-order valence-corrected chi connectivity index (χ0v) is 37.2. The van der Waals surface area contributed by atoms with E-state index in [2.05, 4.69) is 48.3 Å². The molecule has 7 rings (SSSR count). The molecule has 6 aliphatic rings. The van der Waals surface area contributed by atoms with Crippen molar-refractivity contribution in [2.45, 2.75) is 138 Å². The van der Waals surface area contributed by atoms with E-state index >= 15 is 0 Å². The molecule has 1 heterocycles. The van der Waals surface area contributed by atoms with Gasteiger partial charge in [-0.3, -0.25) is 4.79 Å². The van der Waals surface area contributed by atoms with Gasteiger partial charge in [0.25, 0.3) is 0 Å². The molecule has 6 fully saturated rings. The largest absolute Gasteiger partial charge is 0.455 e. The van der Waals surface area contributed by atoms with Crippen LogP contribution in [-0.4, -0.2) is 135 Å². The molecule has 12 heteroatoms. The van der Waals surface area contributed by atoms with Gasteiger partial charge in [0.2, 0.25) is 0 Å². The summed E-state index contributed by atoms with van der Waals surface area (Å²) in [5.41, 5.74) is -4.88. The van der Waals surface area contributed by atoms with E-state index in [1.54, 1.807) is 45.6 Å². The van der Waals surface area contributed by atoms with Gasteiger partial charge in [-0.1, -0.05) is 80.8 Å². The number of fused-ring (bicyclic) bond motifs is 2. The van der Waals surface area contributed by atoms with E-state index in [0.29, 0.717) is 24.9 Å². The maximum Gasteiger partial charge on any atom is 0.338 e. The van der Waals surface area contributed by atoms with Gasteiger partial charge in [0.05, 0.1) is 30.5 Å². The van der Waals surface area contributed by atoms with Gasteiger partial charge in [-0.15, -0.1) is 0 Å². The lowest BCUT2D eigenvalue weighted by Gasteiger charge is -2.70. The minimum Gasteiger partial charge on any atom is -0.455 e. The number of esters is 2. The van der Waals surface area contributed by atoms with Gasteiger partial charge in [0, 0.05) is 82.5 Å². The number of hydrogen-bond donors (Lipinski definition) is 3. The lowest BCUT2D eigenvalue weighted by molar-refractivity contribution is -0.321. The third-order valence-electron chi connectivity index (χ3n) is 15.9. The van der Waals surface area contributed by atoms with E-state index in [0.717, 1.165) is 51.4 Å². The van der Waals surface area contributed by atoms with E-state index in [1.807, 2.05) is 13.1 Å². The molecule has 1 saturated heterocycles. The van der Waals surface area contributed by atoms with E-state index in [-0.39, 0.29) is 25.5 Å². The third kappa shape index (κ3) is 7.38. The van der Waals surface area contributed by atoms with Crippen LogP contribution in [0.1, 0.15) is 94.3 Å². The van der Waals surface area contributed by atoms with Crippen LogP contribution in [0.2, 0.25) is 0 Å². The highest BCUT2D eigenvalue weighted by atomic mass is 16.6. The van der Waals surface area contributed by atoms with Crippen molar-refractivity contribution >= 4 is 11.9 Å². The van der Waals surface area contributed by atoms with Gasteiger partial charge >= 0.3 is 11.9 Å². The van der Waals surface area contributed by atoms with Crippen molar-refractivity contribution < 1.29 is 53.3 Å². The van der Waals surface area contributed by atoms with Crippen molar-refractivity contribution in [1.82, 2.24) is 4.90 Å². The molecule has 0 amide bonds. The first-order valence-corrected chi connectivity index (χ1v) is 22.8. The number of rotatable bonds is 21. The summed E-state index contributed by atoms with van der Waals surface area (Å²) in [5, 5.41) is 38.1. The van der Waals surface area contributed by atoms with Crippen molar-refractivity contribution in [2.24, 2.45) is 34.5 Å². The molecule has 61 heavy (non-hydrogen) atoms. The maximum absolute atomic E-state index is 14.5. The van der Waals surface area contributed by atoms with Gasteiger partial charge in [-0.05, 0) is 70.0 Å². The Kier molecular flexibility index (Phi) is 14.4. The zero-order chi connectivity index (χ0) is 43.6. The average molecular weight is 850 g/mol. The lowest BCUT2D eigenvalue weighted by Crippen LogP contribution is -2.81. The molecule has 0 radical (unpaired) electrons. The molecule has 12 nitrogen and oxygen atoms in total. The molecule has 5 aliphatic carbocycles. The van der Waals surface area contributed by atoms with Crippen LogP contribution in [0.4, 0.5) is 0 Å². The van der Waals surface area contributed by atoms with E-state index < -0.39 is 94.3 Å². The van der Waals surface area contributed by atoms with Crippen LogP contribution in [0, 0.1) is 34.5 Å². The second-order valence-corrected chi connectivity index (χ2v) is 18.8. The fourth-order valence-corrected chi connectivity index (χ4v) is 14.1. The fourth-order valence-electron chi connectivity index (χ4n) is 14.1. The van der Waals surface area contributed by atoms with Crippen LogP contribution in [0.15, 0.2) is 66.8 Å². The summed E-state index contributed by atoms with van der Waals surface area (Å²) < 4.78 is 38.4. The second-order valence-electron chi connectivity index (χ2n) is 18.8. The number of aliphatic hydroxyl groups excluding tert-OH is 2.